The molecule has 3 rings (SSSR count). The van der Waals surface area contributed by atoms with Gasteiger partial charge in [-0.1, -0.05) is 6.07 Å². The molecule has 0 aliphatic heterocycles. The van der Waals surface area contributed by atoms with Crippen LogP contribution < -0.4 is 9.47 Å². The highest BCUT2D eigenvalue weighted by atomic mass is 16.5. The first kappa shape index (κ1) is 16.1. The Labute approximate surface area is 141 Å². The zero-order valence-corrected chi connectivity index (χ0v) is 14.4. The van der Waals surface area contributed by atoms with Gasteiger partial charge in [0, 0.05) is 23.3 Å². The van der Waals surface area contributed by atoms with Crippen LogP contribution in [-0.4, -0.2) is 17.5 Å². The van der Waals surface area contributed by atoms with Crippen LogP contribution in [0, 0.1) is 5.41 Å². The second kappa shape index (κ2) is 6.04. The lowest BCUT2D eigenvalue weighted by Crippen LogP contribution is -2.25. The molecule has 4 nitrogen and oxygen atoms in total. The summed E-state index contributed by atoms with van der Waals surface area (Å²) >= 11 is 0. The molecule has 1 aromatic carbocycles. The zero-order chi connectivity index (χ0) is 17.3. The Balaban J connectivity index is 2.13. The van der Waals surface area contributed by atoms with Gasteiger partial charge in [0.05, 0.1) is 18.2 Å². The van der Waals surface area contributed by atoms with E-state index in [0.29, 0.717) is 5.75 Å². The van der Waals surface area contributed by atoms with Crippen LogP contribution in [0.3, 0.4) is 0 Å². The number of carbonyl (C=O) groups is 1. The Hall–Kier alpha value is -2.75. The molecule has 0 atom stereocenters. The van der Waals surface area contributed by atoms with Crippen LogP contribution in [0.2, 0.25) is 0 Å². The maximum absolute atomic E-state index is 12.3. The minimum atomic E-state index is -0.564. The standard InChI is InChI=1S/C20H21NO3/c1-20(2,3)19(22)24-17-13-15-7-5-6-12-21(15)18(17)14-8-10-16(23-4)11-9-14/h5-13H,1-4H3. The first-order valence-corrected chi connectivity index (χ1v) is 7.87. The van der Waals surface area contributed by atoms with Gasteiger partial charge in [0.25, 0.3) is 0 Å². The molecule has 0 aliphatic carbocycles. The molecule has 0 N–H and O–H groups in total. The third-order valence-electron chi connectivity index (χ3n) is 3.82. The Morgan fingerprint density at radius 2 is 1.75 bits per heavy atom. The van der Waals surface area contributed by atoms with E-state index < -0.39 is 5.41 Å². The van der Waals surface area contributed by atoms with Gasteiger partial charge in [-0.05, 0) is 57.2 Å². The van der Waals surface area contributed by atoms with Crippen LogP contribution in [0.1, 0.15) is 20.8 Å². The van der Waals surface area contributed by atoms with E-state index in [0.717, 1.165) is 22.5 Å². The van der Waals surface area contributed by atoms with Crippen molar-refractivity contribution in [3.63, 3.8) is 0 Å². The van der Waals surface area contributed by atoms with Gasteiger partial charge < -0.3 is 13.9 Å². The molecular formula is C20H21NO3. The van der Waals surface area contributed by atoms with E-state index in [1.165, 1.54) is 0 Å². The molecule has 24 heavy (non-hydrogen) atoms. The molecule has 0 fully saturated rings. The van der Waals surface area contributed by atoms with Gasteiger partial charge in [0.1, 0.15) is 5.75 Å². The fraction of sp³-hybridized carbons (Fsp3) is 0.250. The average Bonchev–Trinajstić information content (AvgIpc) is 2.92. The van der Waals surface area contributed by atoms with Gasteiger partial charge in [0.2, 0.25) is 0 Å². The number of hydrogen-bond acceptors (Lipinski definition) is 3. The van der Waals surface area contributed by atoms with Gasteiger partial charge in [-0.2, -0.15) is 0 Å². The highest BCUT2D eigenvalue weighted by Gasteiger charge is 2.26. The molecule has 4 heteroatoms. The summed E-state index contributed by atoms with van der Waals surface area (Å²) in [6.07, 6.45) is 1.96. The Morgan fingerprint density at radius 3 is 2.38 bits per heavy atom. The topological polar surface area (TPSA) is 39.9 Å². The number of carbonyl (C=O) groups excluding carboxylic acids is 1. The lowest BCUT2D eigenvalue weighted by Gasteiger charge is -2.16. The molecule has 0 unspecified atom stereocenters. The number of hydrogen-bond donors (Lipinski definition) is 0. The molecule has 2 aromatic heterocycles. The molecule has 0 amide bonds. The van der Waals surface area contributed by atoms with Crippen molar-refractivity contribution in [1.29, 1.82) is 0 Å². The van der Waals surface area contributed by atoms with E-state index in [9.17, 15) is 4.79 Å². The predicted molar refractivity (Wildman–Crippen MR) is 94.5 cm³/mol. The molecule has 3 aromatic rings. The molecule has 0 saturated heterocycles. The molecule has 0 aliphatic rings. The summed E-state index contributed by atoms with van der Waals surface area (Å²) < 4.78 is 13.0. The smallest absolute Gasteiger partial charge is 0.316 e. The lowest BCUT2D eigenvalue weighted by molar-refractivity contribution is -0.142. The summed E-state index contributed by atoms with van der Waals surface area (Å²) in [7, 11) is 1.64. The quantitative estimate of drug-likeness (QED) is 0.663. The monoisotopic (exact) mass is 323 g/mol. The van der Waals surface area contributed by atoms with Gasteiger partial charge in [-0.25, -0.2) is 0 Å². The molecule has 0 saturated carbocycles. The zero-order valence-electron chi connectivity index (χ0n) is 14.4. The van der Waals surface area contributed by atoms with Gasteiger partial charge in [0.15, 0.2) is 5.75 Å². The summed E-state index contributed by atoms with van der Waals surface area (Å²) in [6.45, 7) is 5.54. The molecule has 0 bridgehead atoms. The fourth-order valence-electron chi connectivity index (χ4n) is 2.46. The van der Waals surface area contributed by atoms with Crippen LogP contribution >= 0.6 is 0 Å². The molecule has 124 valence electrons. The van der Waals surface area contributed by atoms with Crippen molar-refractivity contribution in [1.82, 2.24) is 4.40 Å². The third kappa shape index (κ3) is 3.00. The van der Waals surface area contributed by atoms with Crippen LogP contribution in [0.4, 0.5) is 0 Å². The van der Waals surface area contributed by atoms with Crippen molar-refractivity contribution in [2.75, 3.05) is 7.11 Å². The number of aromatic nitrogens is 1. The second-order valence-electron chi connectivity index (χ2n) is 6.72. The predicted octanol–water partition coefficient (Wildman–Crippen LogP) is 4.57. The maximum atomic E-state index is 12.3. The summed E-state index contributed by atoms with van der Waals surface area (Å²) in [5, 5.41) is 0. The number of fused-ring (bicyclic) bond motifs is 1. The third-order valence-corrected chi connectivity index (χ3v) is 3.82. The van der Waals surface area contributed by atoms with E-state index in [-0.39, 0.29) is 5.97 Å². The SMILES string of the molecule is COc1ccc(-c2c(OC(=O)C(C)(C)C)cc3ccccn23)cc1. The summed E-state index contributed by atoms with van der Waals surface area (Å²) in [5.41, 5.74) is 2.22. The number of pyridine rings is 1. The number of rotatable bonds is 3. The van der Waals surface area contributed by atoms with E-state index in [2.05, 4.69) is 0 Å². The number of methoxy groups -OCH3 is 1. The van der Waals surface area contributed by atoms with Crippen molar-refractivity contribution in [3.05, 3.63) is 54.7 Å². The highest BCUT2D eigenvalue weighted by molar-refractivity contribution is 5.83. The normalized spacial score (nSPS) is 11.5. The lowest BCUT2D eigenvalue weighted by atomic mass is 9.97. The van der Waals surface area contributed by atoms with Crippen molar-refractivity contribution in [3.8, 4) is 22.8 Å². The van der Waals surface area contributed by atoms with Crippen molar-refractivity contribution in [2.45, 2.75) is 20.8 Å². The maximum Gasteiger partial charge on any atom is 0.316 e. The van der Waals surface area contributed by atoms with Crippen molar-refractivity contribution < 1.29 is 14.3 Å². The number of benzene rings is 1. The molecule has 0 spiro atoms. The highest BCUT2D eigenvalue weighted by Crippen LogP contribution is 2.35. The van der Waals surface area contributed by atoms with Crippen molar-refractivity contribution in [2.24, 2.45) is 5.41 Å². The van der Waals surface area contributed by atoms with E-state index in [1.807, 2.05) is 79.9 Å². The average molecular weight is 323 g/mol. The van der Waals surface area contributed by atoms with Crippen molar-refractivity contribution >= 4 is 11.5 Å². The van der Waals surface area contributed by atoms with Gasteiger partial charge in [-0.15, -0.1) is 0 Å². The van der Waals surface area contributed by atoms with Gasteiger partial charge >= 0.3 is 5.97 Å². The summed E-state index contributed by atoms with van der Waals surface area (Å²) in [6, 6.07) is 15.5. The Bertz CT molecular complexity index is 870. The minimum absolute atomic E-state index is 0.256. The summed E-state index contributed by atoms with van der Waals surface area (Å²) in [5.74, 6) is 1.09. The first-order valence-electron chi connectivity index (χ1n) is 7.87. The van der Waals surface area contributed by atoms with Crippen LogP contribution in [0.5, 0.6) is 11.5 Å². The largest absolute Gasteiger partial charge is 0.497 e. The molecular weight excluding hydrogens is 302 g/mol. The Kier molecular flexibility index (Phi) is 4.06. The molecule has 2 heterocycles. The van der Waals surface area contributed by atoms with Gasteiger partial charge in [-0.3, -0.25) is 4.79 Å². The molecule has 0 radical (unpaired) electrons. The van der Waals surface area contributed by atoms with E-state index in [1.54, 1.807) is 7.11 Å². The van der Waals surface area contributed by atoms with E-state index in [4.69, 9.17) is 9.47 Å². The minimum Gasteiger partial charge on any atom is -0.497 e. The van der Waals surface area contributed by atoms with Crippen LogP contribution in [0.15, 0.2) is 54.7 Å². The number of ether oxygens (including phenoxy) is 2. The van der Waals surface area contributed by atoms with E-state index >= 15 is 0 Å². The second-order valence-corrected chi connectivity index (χ2v) is 6.72. The number of nitrogens with zero attached hydrogens (tertiary/aromatic N) is 1. The van der Waals surface area contributed by atoms with Crippen LogP contribution in [-0.2, 0) is 4.79 Å². The summed E-state index contributed by atoms with van der Waals surface area (Å²) in [4.78, 5) is 12.3. The first-order chi connectivity index (χ1) is 11.4. The number of esters is 1. The Morgan fingerprint density at radius 1 is 1.04 bits per heavy atom. The fourth-order valence-corrected chi connectivity index (χ4v) is 2.46. The van der Waals surface area contributed by atoms with Crippen LogP contribution in [0.25, 0.3) is 16.8 Å².